The fourth-order valence-electron chi connectivity index (χ4n) is 3.10. The van der Waals surface area contributed by atoms with Crippen molar-refractivity contribution >= 4 is 45.0 Å². The number of benzene rings is 1. The van der Waals surface area contributed by atoms with Gasteiger partial charge in [-0.05, 0) is 43.2 Å². The van der Waals surface area contributed by atoms with Gasteiger partial charge in [0.1, 0.15) is 0 Å². The summed E-state index contributed by atoms with van der Waals surface area (Å²) in [6.07, 6.45) is 3.16. The highest BCUT2D eigenvalue weighted by Gasteiger charge is 2.28. The lowest BCUT2D eigenvalue weighted by molar-refractivity contribution is -0.113. The molecule has 2 aromatic heterocycles. The molecule has 1 aromatic carbocycles. The second-order valence-corrected chi connectivity index (χ2v) is 10.0. The minimum absolute atomic E-state index is 0.0348. The van der Waals surface area contributed by atoms with Crippen LogP contribution in [0.4, 0.5) is 5.69 Å². The van der Waals surface area contributed by atoms with Crippen molar-refractivity contribution in [1.82, 2.24) is 19.2 Å². The average molecular weight is 483 g/mol. The maximum atomic E-state index is 12.8. The summed E-state index contributed by atoms with van der Waals surface area (Å²) in [4.78, 5) is 12.5. The van der Waals surface area contributed by atoms with Crippen molar-refractivity contribution in [3.63, 3.8) is 0 Å². The van der Waals surface area contributed by atoms with Gasteiger partial charge < -0.3 is 15.6 Å². The molecule has 1 aliphatic heterocycles. The van der Waals surface area contributed by atoms with E-state index in [4.69, 9.17) is 21.9 Å². The first-order valence-electron chi connectivity index (χ1n) is 9.33. The van der Waals surface area contributed by atoms with E-state index in [1.807, 2.05) is 0 Å². The number of aromatic nitrogens is 3. The topological polar surface area (TPSA) is 136 Å². The van der Waals surface area contributed by atoms with Gasteiger partial charge in [0, 0.05) is 13.1 Å². The van der Waals surface area contributed by atoms with Crippen LogP contribution in [0.25, 0.3) is 11.6 Å². The van der Waals surface area contributed by atoms with Gasteiger partial charge in [-0.1, -0.05) is 23.4 Å². The molecule has 0 atom stereocenters. The van der Waals surface area contributed by atoms with E-state index in [1.165, 1.54) is 33.4 Å². The van der Waals surface area contributed by atoms with E-state index in [0.717, 1.165) is 24.6 Å². The standard InChI is InChI=1S/C18H19ClN6O4S2/c19-13-6-5-12(31(27,28)24-7-1-2-8-24)10-14(13)21-16(26)11-30-18-23-22-17(25(18)20)15-4-3-9-29-15/h3-6,9-10H,1-2,7-8,11,20H2,(H,21,26). The molecule has 0 radical (unpaired) electrons. The fourth-order valence-corrected chi connectivity index (χ4v) is 5.47. The van der Waals surface area contributed by atoms with Crippen molar-refractivity contribution in [2.75, 3.05) is 30.0 Å². The Balaban J connectivity index is 1.43. The van der Waals surface area contributed by atoms with Crippen molar-refractivity contribution in [3.05, 3.63) is 41.6 Å². The number of halogens is 1. The molecule has 13 heteroatoms. The zero-order chi connectivity index (χ0) is 22.0. The number of rotatable bonds is 7. The number of nitrogen functional groups attached to an aromatic ring is 1. The Labute approximate surface area is 187 Å². The average Bonchev–Trinajstić information content (AvgIpc) is 3.50. The molecule has 0 spiro atoms. The van der Waals surface area contributed by atoms with Gasteiger partial charge in [0.2, 0.25) is 26.9 Å². The van der Waals surface area contributed by atoms with Crippen molar-refractivity contribution in [1.29, 1.82) is 0 Å². The van der Waals surface area contributed by atoms with Crippen LogP contribution in [0.2, 0.25) is 5.02 Å². The van der Waals surface area contributed by atoms with E-state index in [9.17, 15) is 13.2 Å². The third-order valence-electron chi connectivity index (χ3n) is 4.65. The Morgan fingerprint density at radius 3 is 2.74 bits per heavy atom. The smallest absolute Gasteiger partial charge is 0.243 e. The van der Waals surface area contributed by atoms with E-state index in [0.29, 0.717) is 29.8 Å². The molecule has 31 heavy (non-hydrogen) atoms. The Bertz CT molecular complexity index is 1190. The van der Waals surface area contributed by atoms with E-state index in [1.54, 1.807) is 12.1 Å². The quantitative estimate of drug-likeness (QED) is 0.387. The number of hydrogen-bond acceptors (Lipinski definition) is 8. The van der Waals surface area contributed by atoms with E-state index in [2.05, 4.69) is 15.5 Å². The Morgan fingerprint density at radius 1 is 1.26 bits per heavy atom. The Hall–Kier alpha value is -2.54. The maximum Gasteiger partial charge on any atom is 0.243 e. The summed E-state index contributed by atoms with van der Waals surface area (Å²) < 4.78 is 33.4. The number of amides is 1. The summed E-state index contributed by atoms with van der Waals surface area (Å²) in [5.74, 6) is 6.32. The molecule has 0 bridgehead atoms. The van der Waals surface area contributed by atoms with E-state index < -0.39 is 15.9 Å². The lowest BCUT2D eigenvalue weighted by Crippen LogP contribution is -2.28. The number of hydrogen-bond donors (Lipinski definition) is 2. The number of thioether (sulfide) groups is 1. The maximum absolute atomic E-state index is 12.8. The monoisotopic (exact) mass is 482 g/mol. The van der Waals surface area contributed by atoms with Crippen molar-refractivity contribution < 1.29 is 17.6 Å². The van der Waals surface area contributed by atoms with Gasteiger partial charge in [-0.15, -0.1) is 10.2 Å². The molecule has 0 unspecified atom stereocenters. The van der Waals surface area contributed by atoms with Gasteiger partial charge >= 0.3 is 0 Å². The van der Waals surface area contributed by atoms with E-state index >= 15 is 0 Å². The molecule has 10 nitrogen and oxygen atoms in total. The third kappa shape index (κ3) is 4.56. The minimum atomic E-state index is -3.62. The van der Waals surface area contributed by atoms with Crippen LogP contribution in [0.3, 0.4) is 0 Å². The number of carbonyl (C=O) groups excluding carboxylic acids is 1. The molecule has 1 fully saturated rings. The molecule has 1 aliphatic rings. The second-order valence-electron chi connectivity index (χ2n) is 6.74. The normalized spacial score (nSPS) is 14.7. The minimum Gasteiger partial charge on any atom is -0.461 e. The highest BCUT2D eigenvalue weighted by Crippen LogP contribution is 2.29. The summed E-state index contributed by atoms with van der Waals surface area (Å²) in [5, 5.41) is 11.1. The van der Waals surface area contributed by atoms with Crippen LogP contribution < -0.4 is 11.2 Å². The van der Waals surface area contributed by atoms with Crippen molar-refractivity contribution in [2.24, 2.45) is 0 Å². The Morgan fingerprint density at radius 2 is 2.03 bits per heavy atom. The van der Waals surface area contributed by atoms with Crippen molar-refractivity contribution in [3.8, 4) is 11.6 Å². The van der Waals surface area contributed by atoms with Gasteiger partial charge in [-0.2, -0.15) is 4.31 Å². The summed E-state index contributed by atoms with van der Waals surface area (Å²) in [7, 11) is -3.62. The molecule has 1 saturated heterocycles. The first-order valence-corrected chi connectivity index (χ1v) is 12.1. The number of anilines is 1. The Kier molecular flexibility index (Phi) is 6.23. The summed E-state index contributed by atoms with van der Waals surface area (Å²) in [6, 6.07) is 7.66. The highest BCUT2D eigenvalue weighted by molar-refractivity contribution is 7.99. The molecule has 164 valence electrons. The molecule has 0 aliphatic carbocycles. The van der Waals surface area contributed by atoms with Crippen LogP contribution in [-0.4, -0.2) is 52.3 Å². The molecule has 3 aromatic rings. The number of furan rings is 1. The van der Waals surface area contributed by atoms with Crippen molar-refractivity contribution in [2.45, 2.75) is 22.9 Å². The van der Waals surface area contributed by atoms with Crippen LogP contribution in [0.5, 0.6) is 0 Å². The second kappa shape index (κ2) is 8.91. The van der Waals surface area contributed by atoms with Crippen LogP contribution in [-0.2, 0) is 14.8 Å². The molecule has 1 amide bonds. The van der Waals surface area contributed by atoms with Gasteiger partial charge in [-0.25, -0.2) is 13.1 Å². The number of nitrogens with two attached hydrogens (primary N) is 1. The SMILES string of the molecule is Nn1c(SCC(=O)Nc2cc(S(=O)(=O)N3CCCC3)ccc2Cl)nnc1-c1ccco1. The molecule has 0 saturated carbocycles. The lowest BCUT2D eigenvalue weighted by Gasteiger charge is -2.16. The predicted octanol–water partition coefficient (Wildman–Crippen LogP) is 2.42. The zero-order valence-corrected chi connectivity index (χ0v) is 18.6. The molecule has 3 heterocycles. The van der Waals surface area contributed by atoms with Gasteiger partial charge in [0.15, 0.2) is 5.76 Å². The molecular weight excluding hydrogens is 464 g/mol. The van der Waals surface area contributed by atoms with E-state index in [-0.39, 0.29) is 21.4 Å². The molecular formula is C18H19ClN6O4S2. The molecule has 4 rings (SSSR count). The lowest BCUT2D eigenvalue weighted by atomic mass is 10.3. The largest absolute Gasteiger partial charge is 0.461 e. The highest BCUT2D eigenvalue weighted by atomic mass is 35.5. The van der Waals surface area contributed by atoms with Gasteiger partial charge in [0.05, 0.1) is 27.6 Å². The van der Waals surface area contributed by atoms with Crippen LogP contribution in [0.1, 0.15) is 12.8 Å². The van der Waals surface area contributed by atoms with Crippen LogP contribution in [0, 0.1) is 0 Å². The summed E-state index contributed by atoms with van der Waals surface area (Å²) in [6.45, 7) is 0.978. The number of sulfonamides is 1. The van der Waals surface area contributed by atoms with Gasteiger partial charge in [0.25, 0.3) is 0 Å². The third-order valence-corrected chi connectivity index (χ3v) is 7.82. The molecule has 3 N–H and O–H groups in total. The summed E-state index contributed by atoms with van der Waals surface area (Å²) in [5.41, 5.74) is 0.220. The number of nitrogens with one attached hydrogen (secondary N) is 1. The number of nitrogens with zero attached hydrogens (tertiary/aromatic N) is 4. The summed E-state index contributed by atoms with van der Waals surface area (Å²) >= 11 is 7.24. The first kappa shape index (κ1) is 21.7. The van der Waals surface area contributed by atoms with Crippen LogP contribution in [0.15, 0.2) is 51.1 Å². The fraction of sp³-hybridized carbons (Fsp3) is 0.278. The predicted molar refractivity (Wildman–Crippen MR) is 117 cm³/mol. The zero-order valence-electron chi connectivity index (χ0n) is 16.2. The van der Waals surface area contributed by atoms with Gasteiger partial charge in [-0.3, -0.25) is 4.79 Å². The first-order chi connectivity index (χ1) is 14.9. The van der Waals surface area contributed by atoms with Crippen LogP contribution >= 0.6 is 23.4 Å². The number of carbonyl (C=O) groups is 1.